The summed E-state index contributed by atoms with van der Waals surface area (Å²) >= 11 is 0. The van der Waals surface area contributed by atoms with Gasteiger partial charge < -0.3 is 5.11 Å². The summed E-state index contributed by atoms with van der Waals surface area (Å²) in [7, 11) is 0. The summed E-state index contributed by atoms with van der Waals surface area (Å²) < 4.78 is 1.79. The first-order valence-corrected chi connectivity index (χ1v) is 7.29. The Morgan fingerprint density at radius 3 is 2.65 bits per heavy atom. The minimum atomic E-state index is -0.925. The second-order valence-corrected chi connectivity index (χ2v) is 5.09. The number of nitrogens with zero attached hydrogens (tertiary/aromatic N) is 3. The zero-order valence-electron chi connectivity index (χ0n) is 11.9. The highest BCUT2D eigenvalue weighted by molar-refractivity contribution is 5.87. The summed E-state index contributed by atoms with van der Waals surface area (Å²) in [6.45, 7) is 2.21. The first-order valence-electron chi connectivity index (χ1n) is 7.29. The van der Waals surface area contributed by atoms with Crippen LogP contribution in [-0.4, -0.2) is 25.7 Å². The lowest BCUT2D eigenvalue weighted by Crippen LogP contribution is -2.01. The Bertz CT molecular complexity index is 578. The molecule has 2 aromatic heterocycles. The van der Waals surface area contributed by atoms with Gasteiger partial charge in [0, 0.05) is 12.6 Å². The summed E-state index contributed by atoms with van der Waals surface area (Å²) in [5, 5.41) is 17.2. The van der Waals surface area contributed by atoms with Gasteiger partial charge in [-0.1, -0.05) is 39.0 Å². The number of aromatic carboxylic acids is 1. The van der Waals surface area contributed by atoms with Crippen molar-refractivity contribution in [2.45, 2.75) is 51.9 Å². The van der Waals surface area contributed by atoms with Crippen molar-refractivity contribution in [1.29, 1.82) is 0 Å². The molecule has 5 nitrogen and oxygen atoms in total. The number of hydrogen-bond acceptors (Lipinski definition) is 3. The zero-order valence-corrected chi connectivity index (χ0v) is 11.9. The van der Waals surface area contributed by atoms with Gasteiger partial charge in [0.15, 0.2) is 5.65 Å². The summed E-state index contributed by atoms with van der Waals surface area (Å²) in [4.78, 5) is 11.0. The molecule has 0 aliphatic heterocycles. The van der Waals surface area contributed by atoms with Gasteiger partial charge in [-0.15, -0.1) is 10.2 Å². The highest BCUT2D eigenvalue weighted by Crippen LogP contribution is 2.11. The summed E-state index contributed by atoms with van der Waals surface area (Å²) in [5.41, 5.74) is 0.970. The van der Waals surface area contributed by atoms with Crippen LogP contribution < -0.4 is 0 Å². The Morgan fingerprint density at radius 1 is 1.15 bits per heavy atom. The third-order valence-electron chi connectivity index (χ3n) is 3.47. The predicted molar refractivity (Wildman–Crippen MR) is 77.0 cm³/mol. The van der Waals surface area contributed by atoms with E-state index in [9.17, 15) is 4.79 Å². The van der Waals surface area contributed by atoms with Gasteiger partial charge in [0.25, 0.3) is 0 Å². The largest absolute Gasteiger partial charge is 0.478 e. The number of unbranched alkanes of at least 4 members (excludes halogenated alkanes) is 5. The Labute approximate surface area is 118 Å². The smallest absolute Gasteiger partial charge is 0.337 e. The fourth-order valence-corrected chi connectivity index (χ4v) is 2.30. The molecule has 0 amide bonds. The van der Waals surface area contributed by atoms with Crippen molar-refractivity contribution >= 4 is 11.6 Å². The number of aryl methyl sites for hydroxylation is 1. The predicted octanol–water partition coefficient (Wildman–Crippen LogP) is 3.33. The maximum atomic E-state index is 11.0. The first kappa shape index (κ1) is 14.5. The number of carboxylic acids is 1. The van der Waals surface area contributed by atoms with E-state index in [0.717, 1.165) is 18.7 Å². The lowest BCUT2D eigenvalue weighted by molar-refractivity contribution is 0.0696. The van der Waals surface area contributed by atoms with Crippen LogP contribution in [0.25, 0.3) is 5.65 Å². The SMILES string of the molecule is CCCCCCCCc1nnc2ccc(C(=O)O)cn12. The van der Waals surface area contributed by atoms with Crippen molar-refractivity contribution in [2.24, 2.45) is 0 Å². The average Bonchev–Trinajstić information content (AvgIpc) is 2.85. The van der Waals surface area contributed by atoms with Crippen molar-refractivity contribution < 1.29 is 9.90 Å². The maximum absolute atomic E-state index is 11.0. The van der Waals surface area contributed by atoms with Gasteiger partial charge >= 0.3 is 5.97 Å². The molecule has 0 atom stereocenters. The van der Waals surface area contributed by atoms with Crippen molar-refractivity contribution in [1.82, 2.24) is 14.6 Å². The van der Waals surface area contributed by atoms with E-state index >= 15 is 0 Å². The summed E-state index contributed by atoms with van der Waals surface area (Å²) in [5.74, 6) is -0.0790. The first-order chi connectivity index (χ1) is 9.72. The van der Waals surface area contributed by atoms with Gasteiger partial charge in [0.05, 0.1) is 5.56 Å². The molecule has 0 aromatic carbocycles. The van der Waals surface area contributed by atoms with Gasteiger partial charge in [0.1, 0.15) is 5.82 Å². The molecule has 1 N–H and O–H groups in total. The van der Waals surface area contributed by atoms with Crippen LogP contribution in [0.15, 0.2) is 18.3 Å². The second kappa shape index (κ2) is 7.03. The molecule has 2 aromatic rings. The molecule has 0 bridgehead atoms. The number of fused-ring (bicyclic) bond motifs is 1. The molecule has 0 saturated heterocycles. The minimum Gasteiger partial charge on any atom is -0.478 e. The summed E-state index contributed by atoms with van der Waals surface area (Å²) in [6.07, 6.45) is 9.81. The Morgan fingerprint density at radius 2 is 1.90 bits per heavy atom. The normalized spacial score (nSPS) is 11.1. The highest BCUT2D eigenvalue weighted by Gasteiger charge is 2.09. The third kappa shape index (κ3) is 3.56. The van der Waals surface area contributed by atoms with Crippen molar-refractivity contribution in [3.63, 3.8) is 0 Å². The van der Waals surface area contributed by atoms with Crippen molar-refractivity contribution in [3.8, 4) is 0 Å². The van der Waals surface area contributed by atoms with Gasteiger partial charge in [0.2, 0.25) is 0 Å². The van der Waals surface area contributed by atoms with Gasteiger partial charge in [-0.2, -0.15) is 0 Å². The Hall–Kier alpha value is -1.91. The van der Waals surface area contributed by atoms with E-state index in [-0.39, 0.29) is 5.56 Å². The number of pyridine rings is 1. The van der Waals surface area contributed by atoms with Crippen molar-refractivity contribution in [2.75, 3.05) is 0 Å². The summed E-state index contributed by atoms with van der Waals surface area (Å²) in [6, 6.07) is 3.25. The van der Waals surface area contributed by atoms with E-state index in [1.165, 1.54) is 32.1 Å². The van der Waals surface area contributed by atoms with Crippen LogP contribution in [0.4, 0.5) is 0 Å². The molecule has 0 radical (unpaired) electrons. The molecule has 20 heavy (non-hydrogen) atoms. The fraction of sp³-hybridized carbons (Fsp3) is 0.533. The number of carbonyl (C=O) groups is 1. The molecule has 0 spiro atoms. The minimum absolute atomic E-state index is 0.265. The lowest BCUT2D eigenvalue weighted by Gasteiger charge is -2.02. The quantitative estimate of drug-likeness (QED) is 0.750. The number of rotatable bonds is 8. The molecule has 2 heterocycles. The van der Waals surface area contributed by atoms with Crippen LogP contribution in [-0.2, 0) is 6.42 Å². The van der Waals surface area contributed by atoms with E-state index < -0.39 is 5.97 Å². The van der Waals surface area contributed by atoms with E-state index in [0.29, 0.717) is 5.65 Å². The van der Waals surface area contributed by atoms with E-state index in [2.05, 4.69) is 17.1 Å². The second-order valence-electron chi connectivity index (χ2n) is 5.09. The maximum Gasteiger partial charge on any atom is 0.337 e. The van der Waals surface area contributed by atoms with Crippen LogP contribution in [0.3, 0.4) is 0 Å². The van der Waals surface area contributed by atoms with Gasteiger partial charge in [-0.3, -0.25) is 4.40 Å². The molecule has 0 aliphatic carbocycles. The molecule has 0 unspecified atom stereocenters. The van der Waals surface area contributed by atoms with Gasteiger partial charge in [-0.05, 0) is 18.6 Å². The zero-order chi connectivity index (χ0) is 14.4. The molecular formula is C15H21N3O2. The molecular weight excluding hydrogens is 254 g/mol. The molecule has 2 rings (SSSR count). The van der Waals surface area contributed by atoms with Crippen LogP contribution >= 0.6 is 0 Å². The Balaban J connectivity index is 1.96. The number of aromatic nitrogens is 3. The van der Waals surface area contributed by atoms with Crippen LogP contribution in [0.1, 0.15) is 61.6 Å². The monoisotopic (exact) mass is 275 g/mol. The average molecular weight is 275 g/mol. The lowest BCUT2D eigenvalue weighted by atomic mass is 10.1. The molecule has 0 fully saturated rings. The molecule has 5 heteroatoms. The van der Waals surface area contributed by atoms with Crippen LogP contribution in [0.5, 0.6) is 0 Å². The topological polar surface area (TPSA) is 67.5 Å². The van der Waals surface area contributed by atoms with E-state index in [1.807, 2.05) is 0 Å². The molecule has 0 aliphatic rings. The fourth-order valence-electron chi connectivity index (χ4n) is 2.30. The molecule has 108 valence electrons. The molecule has 0 saturated carbocycles. The number of hydrogen-bond donors (Lipinski definition) is 1. The third-order valence-corrected chi connectivity index (χ3v) is 3.47. The van der Waals surface area contributed by atoms with E-state index in [1.54, 1.807) is 22.7 Å². The van der Waals surface area contributed by atoms with Crippen LogP contribution in [0.2, 0.25) is 0 Å². The Kier molecular flexibility index (Phi) is 5.09. The number of carboxylic acid groups (broad SMARTS) is 1. The standard InChI is InChI=1S/C15H21N3O2/c1-2-3-4-5-6-7-8-13-16-17-14-10-9-12(15(19)20)11-18(13)14/h9-11H,2-8H2,1H3,(H,19,20). The van der Waals surface area contributed by atoms with Gasteiger partial charge in [-0.25, -0.2) is 4.79 Å². The van der Waals surface area contributed by atoms with E-state index in [4.69, 9.17) is 5.11 Å². The highest BCUT2D eigenvalue weighted by atomic mass is 16.4. The van der Waals surface area contributed by atoms with Crippen LogP contribution in [0, 0.1) is 0 Å². The van der Waals surface area contributed by atoms with Crippen molar-refractivity contribution in [3.05, 3.63) is 29.7 Å².